The van der Waals surface area contributed by atoms with Gasteiger partial charge in [-0.3, -0.25) is 0 Å². The number of terminal acetylenes is 1. The van der Waals surface area contributed by atoms with E-state index in [1.54, 1.807) is 24.3 Å². The molecule has 0 atom stereocenters. The maximum atomic E-state index is 12.6. The molecule has 1 aromatic heterocycles. The molecular weight excluding hydrogens is 388 g/mol. The predicted octanol–water partition coefficient (Wildman–Crippen LogP) is 5.44. The summed E-state index contributed by atoms with van der Waals surface area (Å²) in [6.45, 7) is 3.40. The van der Waals surface area contributed by atoms with Crippen molar-refractivity contribution in [3.63, 3.8) is 0 Å². The molecule has 0 unspecified atom stereocenters. The number of nitrogens with one attached hydrogen (secondary N) is 2. The van der Waals surface area contributed by atoms with Gasteiger partial charge in [0.2, 0.25) is 0 Å². The van der Waals surface area contributed by atoms with E-state index in [4.69, 9.17) is 6.42 Å². The highest BCUT2D eigenvalue weighted by atomic mass is 19.3. The SMILES string of the molecule is C#Cc1c(-c2ccc(NC(=O)NC(C)C)cc2)n(CC)c2cc(OC(F)F)ccc12. The smallest absolute Gasteiger partial charge is 0.387 e. The molecule has 0 spiro atoms. The summed E-state index contributed by atoms with van der Waals surface area (Å²) < 4.78 is 31.8. The lowest BCUT2D eigenvalue weighted by Gasteiger charge is -2.12. The summed E-state index contributed by atoms with van der Waals surface area (Å²) in [4.78, 5) is 11.9. The third-order valence-corrected chi connectivity index (χ3v) is 4.56. The number of anilines is 1. The number of fused-ring (bicyclic) bond motifs is 1. The van der Waals surface area contributed by atoms with Crippen molar-refractivity contribution in [2.45, 2.75) is 40.0 Å². The molecule has 2 amide bonds. The summed E-state index contributed by atoms with van der Waals surface area (Å²) in [6, 6.07) is 11.8. The maximum absolute atomic E-state index is 12.6. The zero-order valence-electron chi connectivity index (χ0n) is 17.0. The number of halogens is 2. The molecule has 3 rings (SSSR count). The van der Waals surface area contributed by atoms with Crippen molar-refractivity contribution in [1.29, 1.82) is 0 Å². The zero-order valence-corrected chi connectivity index (χ0v) is 17.0. The first kappa shape index (κ1) is 21.2. The van der Waals surface area contributed by atoms with E-state index >= 15 is 0 Å². The molecule has 0 aliphatic heterocycles. The Bertz CT molecular complexity index is 1100. The quantitative estimate of drug-likeness (QED) is 0.531. The first-order valence-corrected chi connectivity index (χ1v) is 9.59. The number of alkyl halides is 2. The number of hydrogen-bond donors (Lipinski definition) is 2. The lowest BCUT2D eigenvalue weighted by Crippen LogP contribution is -2.34. The molecular formula is C23H23F2N3O2. The van der Waals surface area contributed by atoms with Gasteiger partial charge in [0.25, 0.3) is 0 Å². The van der Waals surface area contributed by atoms with Crippen LogP contribution >= 0.6 is 0 Å². The van der Waals surface area contributed by atoms with Crippen molar-refractivity contribution >= 4 is 22.6 Å². The van der Waals surface area contributed by atoms with Crippen LogP contribution in [-0.2, 0) is 6.54 Å². The largest absolute Gasteiger partial charge is 0.435 e. The Kier molecular flexibility index (Phi) is 6.26. The average molecular weight is 411 g/mol. The molecule has 0 saturated carbocycles. The van der Waals surface area contributed by atoms with Crippen LogP contribution in [0.5, 0.6) is 5.75 Å². The fourth-order valence-electron chi connectivity index (χ4n) is 3.42. The highest BCUT2D eigenvalue weighted by Crippen LogP contribution is 2.36. The highest BCUT2D eigenvalue weighted by Gasteiger charge is 2.18. The first-order valence-electron chi connectivity index (χ1n) is 9.59. The number of aromatic nitrogens is 1. The van der Waals surface area contributed by atoms with E-state index < -0.39 is 6.61 Å². The third kappa shape index (κ3) is 4.38. The van der Waals surface area contributed by atoms with Crippen LogP contribution in [0, 0.1) is 12.3 Å². The van der Waals surface area contributed by atoms with E-state index in [9.17, 15) is 13.6 Å². The molecule has 0 aliphatic rings. The van der Waals surface area contributed by atoms with Gasteiger partial charge in [0.05, 0.1) is 16.8 Å². The molecule has 1 heterocycles. The van der Waals surface area contributed by atoms with E-state index in [0.717, 1.165) is 22.2 Å². The molecule has 2 aromatic carbocycles. The summed E-state index contributed by atoms with van der Waals surface area (Å²) in [5.41, 5.74) is 3.70. The van der Waals surface area contributed by atoms with Gasteiger partial charge in [0.15, 0.2) is 0 Å². The average Bonchev–Trinajstić information content (AvgIpc) is 3.00. The number of amides is 2. The second-order valence-corrected chi connectivity index (χ2v) is 7.00. The van der Waals surface area contributed by atoms with Crippen LogP contribution < -0.4 is 15.4 Å². The second kappa shape index (κ2) is 8.87. The Labute approximate surface area is 174 Å². The van der Waals surface area contributed by atoms with Crippen LogP contribution in [0.25, 0.3) is 22.2 Å². The van der Waals surface area contributed by atoms with Crippen molar-refractivity contribution in [3.05, 3.63) is 48.0 Å². The molecule has 5 nitrogen and oxygen atoms in total. The van der Waals surface area contributed by atoms with Crippen LogP contribution in [-0.4, -0.2) is 23.3 Å². The molecule has 0 aliphatic carbocycles. The van der Waals surface area contributed by atoms with E-state index in [0.29, 0.717) is 17.8 Å². The van der Waals surface area contributed by atoms with Gasteiger partial charge in [-0.05, 0) is 50.6 Å². The molecule has 2 N–H and O–H groups in total. The summed E-state index contributed by atoms with van der Waals surface area (Å²) in [5.74, 6) is 2.81. The number of carbonyl (C=O) groups is 1. The van der Waals surface area contributed by atoms with Crippen molar-refractivity contribution in [3.8, 4) is 29.4 Å². The van der Waals surface area contributed by atoms with E-state index in [-0.39, 0.29) is 17.8 Å². The number of hydrogen-bond acceptors (Lipinski definition) is 2. The van der Waals surface area contributed by atoms with Crippen LogP contribution in [0.3, 0.4) is 0 Å². The van der Waals surface area contributed by atoms with Crippen LogP contribution in [0.2, 0.25) is 0 Å². The van der Waals surface area contributed by atoms with Gasteiger partial charge < -0.3 is 19.9 Å². The first-order chi connectivity index (χ1) is 14.3. The van der Waals surface area contributed by atoms with Gasteiger partial charge in [-0.2, -0.15) is 8.78 Å². The third-order valence-electron chi connectivity index (χ3n) is 4.56. The molecule has 0 saturated heterocycles. The number of rotatable bonds is 6. The molecule has 0 bridgehead atoms. The maximum Gasteiger partial charge on any atom is 0.387 e. The van der Waals surface area contributed by atoms with Crippen LogP contribution in [0.1, 0.15) is 26.3 Å². The van der Waals surface area contributed by atoms with Crippen LogP contribution in [0.4, 0.5) is 19.3 Å². The Morgan fingerprint density at radius 2 is 1.90 bits per heavy atom. The van der Waals surface area contributed by atoms with E-state index in [1.807, 2.05) is 37.5 Å². The standard InChI is InChI=1S/C23H23F2N3O2/c1-5-18-19-12-11-17(30-22(24)25)13-20(19)28(6-2)21(18)15-7-9-16(10-8-15)27-23(29)26-14(3)4/h1,7-14,22H,6H2,2-4H3,(H2,26,27,29). The predicted molar refractivity (Wildman–Crippen MR) is 115 cm³/mol. The van der Waals surface area contributed by atoms with Crippen molar-refractivity contribution in [1.82, 2.24) is 9.88 Å². The lowest BCUT2D eigenvalue weighted by molar-refractivity contribution is -0.0497. The number of aryl methyl sites for hydroxylation is 1. The molecule has 30 heavy (non-hydrogen) atoms. The number of benzene rings is 2. The highest BCUT2D eigenvalue weighted by molar-refractivity contribution is 5.96. The van der Waals surface area contributed by atoms with E-state index in [2.05, 4.69) is 21.3 Å². The minimum Gasteiger partial charge on any atom is -0.435 e. The number of nitrogens with zero attached hydrogens (tertiary/aromatic N) is 1. The molecule has 0 radical (unpaired) electrons. The van der Waals surface area contributed by atoms with Crippen molar-refractivity contribution in [2.75, 3.05) is 5.32 Å². The van der Waals surface area contributed by atoms with E-state index in [1.165, 1.54) is 6.07 Å². The fraction of sp³-hybridized carbons (Fsp3) is 0.261. The Hall–Kier alpha value is -3.53. The molecule has 156 valence electrons. The zero-order chi connectivity index (χ0) is 21.8. The van der Waals surface area contributed by atoms with Crippen molar-refractivity contribution in [2.24, 2.45) is 0 Å². The second-order valence-electron chi connectivity index (χ2n) is 7.00. The van der Waals surface area contributed by atoms with Gasteiger partial charge in [0.1, 0.15) is 5.75 Å². The number of carbonyl (C=O) groups excluding carboxylic acids is 1. The number of ether oxygens (including phenoxy) is 1. The monoisotopic (exact) mass is 411 g/mol. The topological polar surface area (TPSA) is 55.3 Å². The Morgan fingerprint density at radius 1 is 1.20 bits per heavy atom. The lowest BCUT2D eigenvalue weighted by atomic mass is 10.1. The number of urea groups is 1. The summed E-state index contributed by atoms with van der Waals surface area (Å²) in [5, 5.41) is 6.33. The Morgan fingerprint density at radius 3 is 2.47 bits per heavy atom. The Balaban J connectivity index is 2.02. The molecule has 7 heteroatoms. The van der Waals surface area contributed by atoms with Crippen LogP contribution in [0.15, 0.2) is 42.5 Å². The minimum atomic E-state index is -2.90. The van der Waals surface area contributed by atoms with Gasteiger partial charge in [-0.1, -0.05) is 18.1 Å². The molecule has 0 fully saturated rings. The van der Waals surface area contributed by atoms with Gasteiger partial charge in [-0.15, -0.1) is 6.42 Å². The summed E-state index contributed by atoms with van der Waals surface area (Å²) >= 11 is 0. The molecule has 3 aromatic rings. The normalized spacial score (nSPS) is 11.0. The summed E-state index contributed by atoms with van der Waals surface area (Å²) in [6.07, 6.45) is 5.80. The van der Waals surface area contributed by atoms with Gasteiger partial charge in [-0.25, -0.2) is 4.79 Å². The fourth-order valence-corrected chi connectivity index (χ4v) is 3.42. The van der Waals surface area contributed by atoms with Gasteiger partial charge in [0, 0.05) is 29.7 Å². The van der Waals surface area contributed by atoms with Gasteiger partial charge >= 0.3 is 12.6 Å². The summed E-state index contributed by atoms with van der Waals surface area (Å²) in [7, 11) is 0. The van der Waals surface area contributed by atoms with Crippen molar-refractivity contribution < 1.29 is 18.3 Å². The minimum absolute atomic E-state index is 0.0293.